The van der Waals surface area contributed by atoms with Gasteiger partial charge in [0.2, 0.25) is 0 Å². The van der Waals surface area contributed by atoms with Gasteiger partial charge in [0.1, 0.15) is 19.0 Å². The van der Waals surface area contributed by atoms with Gasteiger partial charge in [0.25, 0.3) is 0 Å². The highest BCUT2D eigenvalue weighted by Crippen LogP contribution is 2.12. The Bertz CT molecular complexity index is 447. The second kappa shape index (κ2) is 10.7. The van der Waals surface area contributed by atoms with Gasteiger partial charge in [-0.25, -0.2) is 0 Å². The monoisotopic (exact) mass is 292 g/mol. The van der Waals surface area contributed by atoms with Crippen LogP contribution in [-0.4, -0.2) is 46.1 Å². The molecule has 1 aromatic carbocycles. The Labute approximate surface area is 125 Å². The van der Waals surface area contributed by atoms with Crippen molar-refractivity contribution in [1.29, 1.82) is 0 Å². The zero-order valence-electron chi connectivity index (χ0n) is 12.2. The molecular weight excluding hydrogens is 272 g/mol. The smallest absolute Gasteiger partial charge is 0.309 e. The third-order valence-corrected chi connectivity index (χ3v) is 2.55. The maximum Gasteiger partial charge on any atom is 0.309 e. The number of carbonyl (C=O) groups excluding carboxylic acids is 1. The summed E-state index contributed by atoms with van der Waals surface area (Å²) in [6.45, 7) is 2.20. The average Bonchev–Trinajstić information content (AvgIpc) is 2.51. The highest BCUT2D eigenvalue weighted by Gasteiger charge is 2.02. The van der Waals surface area contributed by atoms with Crippen molar-refractivity contribution in [3.05, 3.63) is 29.8 Å². The molecule has 0 unspecified atom stereocenters. The first-order chi connectivity index (χ1) is 10.3. The molecule has 1 aromatic rings. The van der Waals surface area contributed by atoms with Crippen LogP contribution in [0, 0.1) is 12.3 Å². The van der Waals surface area contributed by atoms with Gasteiger partial charge < -0.3 is 18.9 Å². The van der Waals surface area contributed by atoms with Gasteiger partial charge >= 0.3 is 5.97 Å². The van der Waals surface area contributed by atoms with Crippen LogP contribution in [0.2, 0.25) is 0 Å². The molecule has 1 rings (SSSR count). The molecule has 0 aliphatic rings. The molecule has 0 fully saturated rings. The standard InChI is InChI=1S/C16H20O5/c1-3-8-19-9-10-20-11-12-21-15-6-4-14(5-7-15)13-16(17)18-2/h1,4-7H,8-13H2,2H3. The lowest BCUT2D eigenvalue weighted by Crippen LogP contribution is -2.11. The lowest BCUT2D eigenvalue weighted by atomic mass is 10.1. The van der Waals surface area contributed by atoms with E-state index < -0.39 is 0 Å². The Morgan fingerprint density at radius 3 is 2.43 bits per heavy atom. The number of hydrogen-bond donors (Lipinski definition) is 0. The van der Waals surface area contributed by atoms with Crippen molar-refractivity contribution in [2.45, 2.75) is 6.42 Å². The number of hydrogen-bond acceptors (Lipinski definition) is 5. The Hall–Kier alpha value is -2.03. The summed E-state index contributed by atoms with van der Waals surface area (Å²) in [6, 6.07) is 7.30. The number of ether oxygens (including phenoxy) is 4. The fourth-order valence-corrected chi connectivity index (χ4v) is 1.51. The fraction of sp³-hybridized carbons (Fsp3) is 0.438. The minimum atomic E-state index is -0.260. The third-order valence-electron chi connectivity index (χ3n) is 2.55. The lowest BCUT2D eigenvalue weighted by Gasteiger charge is -2.08. The molecule has 0 saturated heterocycles. The summed E-state index contributed by atoms with van der Waals surface area (Å²) in [5.74, 6) is 2.85. The molecule has 0 heterocycles. The Morgan fingerprint density at radius 1 is 1.10 bits per heavy atom. The average molecular weight is 292 g/mol. The van der Waals surface area contributed by atoms with Crippen LogP contribution in [0.15, 0.2) is 24.3 Å². The van der Waals surface area contributed by atoms with E-state index in [2.05, 4.69) is 10.7 Å². The van der Waals surface area contributed by atoms with Gasteiger partial charge in [-0.15, -0.1) is 6.42 Å². The fourth-order valence-electron chi connectivity index (χ4n) is 1.51. The van der Waals surface area contributed by atoms with E-state index >= 15 is 0 Å². The van der Waals surface area contributed by atoms with E-state index in [1.165, 1.54) is 7.11 Å². The normalized spacial score (nSPS) is 9.90. The second-order valence-electron chi connectivity index (χ2n) is 4.11. The summed E-state index contributed by atoms with van der Waals surface area (Å²) in [6.07, 6.45) is 5.30. The quantitative estimate of drug-likeness (QED) is 0.371. The van der Waals surface area contributed by atoms with Crippen LogP contribution >= 0.6 is 0 Å². The van der Waals surface area contributed by atoms with Crippen LogP contribution in [-0.2, 0) is 25.4 Å². The molecule has 5 heteroatoms. The van der Waals surface area contributed by atoms with Crippen LogP contribution in [0.3, 0.4) is 0 Å². The number of methoxy groups -OCH3 is 1. The molecule has 0 aromatic heterocycles. The summed E-state index contributed by atoms with van der Waals surface area (Å²) >= 11 is 0. The lowest BCUT2D eigenvalue weighted by molar-refractivity contribution is -0.139. The van der Waals surface area contributed by atoms with Gasteiger partial charge in [0.15, 0.2) is 0 Å². The second-order valence-corrected chi connectivity index (χ2v) is 4.11. The summed E-state index contributed by atoms with van der Waals surface area (Å²) in [5.41, 5.74) is 0.885. The Morgan fingerprint density at radius 2 is 1.76 bits per heavy atom. The first-order valence-corrected chi connectivity index (χ1v) is 6.63. The van der Waals surface area contributed by atoms with Crippen LogP contribution in [0.1, 0.15) is 5.56 Å². The van der Waals surface area contributed by atoms with Gasteiger partial charge in [-0.2, -0.15) is 0 Å². The first-order valence-electron chi connectivity index (χ1n) is 6.63. The SMILES string of the molecule is C#CCOCCOCCOc1ccc(CC(=O)OC)cc1. The van der Waals surface area contributed by atoms with Crippen molar-refractivity contribution in [2.24, 2.45) is 0 Å². The van der Waals surface area contributed by atoms with E-state index in [4.69, 9.17) is 20.6 Å². The number of benzene rings is 1. The molecule has 0 radical (unpaired) electrons. The number of rotatable bonds is 10. The summed E-state index contributed by atoms with van der Waals surface area (Å²) in [7, 11) is 1.37. The molecule has 21 heavy (non-hydrogen) atoms. The molecule has 0 amide bonds. The molecule has 0 atom stereocenters. The molecule has 0 N–H and O–H groups in total. The summed E-state index contributed by atoms with van der Waals surface area (Å²) in [4.78, 5) is 11.1. The van der Waals surface area contributed by atoms with Gasteiger partial charge in [-0.1, -0.05) is 18.1 Å². The predicted octanol–water partition coefficient (Wildman–Crippen LogP) is 1.45. The van der Waals surface area contributed by atoms with E-state index in [0.717, 1.165) is 11.3 Å². The van der Waals surface area contributed by atoms with Gasteiger partial charge in [-0.3, -0.25) is 4.79 Å². The van der Waals surface area contributed by atoms with Crippen molar-refractivity contribution >= 4 is 5.97 Å². The van der Waals surface area contributed by atoms with Gasteiger partial charge in [0.05, 0.1) is 33.4 Å². The van der Waals surface area contributed by atoms with E-state index in [1.807, 2.05) is 24.3 Å². The van der Waals surface area contributed by atoms with Crippen molar-refractivity contribution < 1.29 is 23.7 Å². The predicted molar refractivity (Wildman–Crippen MR) is 78.1 cm³/mol. The van der Waals surface area contributed by atoms with Crippen LogP contribution < -0.4 is 4.74 Å². The van der Waals surface area contributed by atoms with Crippen molar-refractivity contribution in [3.63, 3.8) is 0 Å². The zero-order valence-corrected chi connectivity index (χ0v) is 12.2. The van der Waals surface area contributed by atoms with E-state index in [1.54, 1.807) is 0 Å². The molecule has 0 aliphatic heterocycles. The summed E-state index contributed by atoms with van der Waals surface area (Å²) < 4.78 is 20.5. The third kappa shape index (κ3) is 7.98. The van der Waals surface area contributed by atoms with E-state index in [9.17, 15) is 4.79 Å². The molecule has 114 valence electrons. The largest absolute Gasteiger partial charge is 0.491 e. The number of esters is 1. The molecule has 0 aliphatic carbocycles. The van der Waals surface area contributed by atoms with Crippen molar-refractivity contribution in [1.82, 2.24) is 0 Å². The zero-order chi connectivity index (χ0) is 15.3. The number of terminal acetylenes is 1. The molecule has 0 bridgehead atoms. The van der Waals surface area contributed by atoms with Crippen LogP contribution in [0.25, 0.3) is 0 Å². The van der Waals surface area contributed by atoms with E-state index in [0.29, 0.717) is 33.0 Å². The highest BCUT2D eigenvalue weighted by atomic mass is 16.5. The van der Waals surface area contributed by atoms with Crippen molar-refractivity contribution in [3.8, 4) is 18.1 Å². The first kappa shape index (κ1) is 17.0. The van der Waals surface area contributed by atoms with Crippen molar-refractivity contribution in [2.75, 3.05) is 40.1 Å². The van der Waals surface area contributed by atoms with Crippen LogP contribution in [0.5, 0.6) is 5.75 Å². The van der Waals surface area contributed by atoms with Gasteiger partial charge in [0, 0.05) is 0 Å². The molecule has 5 nitrogen and oxygen atoms in total. The Kier molecular flexibility index (Phi) is 8.69. The summed E-state index contributed by atoms with van der Waals surface area (Å²) in [5, 5.41) is 0. The maximum atomic E-state index is 11.1. The molecule has 0 spiro atoms. The van der Waals surface area contributed by atoms with Crippen LogP contribution in [0.4, 0.5) is 0 Å². The minimum Gasteiger partial charge on any atom is -0.491 e. The number of carbonyl (C=O) groups is 1. The topological polar surface area (TPSA) is 54.0 Å². The highest BCUT2D eigenvalue weighted by molar-refractivity contribution is 5.72. The maximum absolute atomic E-state index is 11.1. The van der Waals surface area contributed by atoms with Gasteiger partial charge in [-0.05, 0) is 17.7 Å². The van der Waals surface area contributed by atoms with E-state index in [-0.39, 0.29) is 12.4 Å². The minimum absolute atomic E-state index is 0.260. The molecule has 0 saturated carbocycles. The molecular formula is C16H20O5. The Balaban J connectivity index is 2.13.